The molecule has 296 valence electrons. The Morgan fingerprint density at radius 1 is 1.07 bits per heavy atom. The van der Waals surface area contributed by atoms with Crippen LogP contribution in [0.25, 0.3) is 22.0 Å². The molecule has 1 unspecified atom stereocenters. The zero-order valence-corrected chi connectivity index (χ0v) is 30.8. The second kappa shape index (κ2) is 14.8. The van der Waals surface area contributed by atoms with Crippen molar-refractivity contribution < 1.29 is 49.1 Å². The molecule has 0 saturated heterocycles. The number of alkyl halides is 5. The van der Waals surface area contributed by atoms with E-state index in [9.17, 15) is 49.1 Å². The van der Waals surface area contributed by atoms with Crippen LogP contribution in [0.3, 0.4) is 0 Å². The molecule has 3 heterocycles. The molecule has 12 nitrogen and oxygen atoms in total. The maximum atomic E-state index is 14.5. The van der Waals surface area contributed by atoms with E-state index in [0.29, 0.717) is 27.2 Å². The fourth-order valence-corrected chi connectivity index (χ4v) is 6.82. The number of benzene rings is 2. The molecule has 5 aromatic rings. The first kappa shape index (κ1) is 40.1. The van der Waals surface area contributed by atoms with Gasteiger partial charge in [-0.1, -0.05) is 18.1 Å². The fourth-order valence-electron chi connectivity index (χ4n) is 6.32. The number of aryl methyl sites for hydroxylation is 1. The highest BCUT2D eigenvalue weighted by molar-refractivity contribution is 7.92. The zero-order valence-electron chi connectivity index (χ0n) is 30.0. The van der Waals surface area contributed by atoms with Crippen molar-refractivity contribution in [2.24, 2.45) is 7.05 Å². The molecular formula is C36H33F7N8O4S. The number of sulfonamides is 1. The van der Waals surface area contributed by atoms with Gasteiger partial charge in [-0.2, -0.15) is 23.4 Å². The van der Waals surface area contributed by atoms with E-state index in [-0.39, 0.29) is 41.3 Å². The quantitative estimate of drug-likeness (QED) is 0.110. The number of halogens is 7. The average molecular weight is 807 g/mol. The molecule has 0 bridgehead atoms. The van der Waals surface area contributed by atoms with Crippen LogP contribution in [0.15, 0.2) is 42.6 Å². The minimum absolute atomic E-state index is 0.0115. The lowest BCUT2D eigenvalue weighted by atomic mass is 9.95. The summed E-state index contributed by atoms with van der Waals surface area (Å²) in [5.41, 5.74) is -4.01. The Kier molecular flexibility index (Phi) is 10.6. The van der Waals surface area contributed by atoms with Crippen molar-refractivity contribution in [3.8, 4) is 23.0 Å². The van der Waals surface area contributed by atoms with Gasteiger partial charge < -0.3 is 10.4 Å². The molecular weight excluding hydrogens is 774 g/mol. The number of anilines is 1. The lowest BCUT2D eigenvalue weighted by Crippen LogP contribution is -2.34. The van der Waals surface area contributed by atoms with Gasteiger partial charge in [0, 0.05) is 41.4 Å². The highest BCUT2D eigenvalue weighted by Gasteiger charge is 2.45. The van der Waals surface area contributed by atoms with Gasteiger partial charge >= 0.3 is 6.18 Å². The van der Waals surface area contributed by atoms with E-state index in [0.717, 1.165) is 18.4 Å². The second-order valence-corrected chi connectivity index (χ2v) is 15.6. The number of amides is 1. The third kappa shape index (κ3) is 9.11. The molecule has 0 aliphatic heterocycles. The first-order valence-corrected chi connectivity index (χ1v) is 18.7. The van der Waals surface area contributed by atoms with Gasteiger partial charge in [0.05, 0.1) is 23.5 Å². The van der Waals surface area contributed by atoms with Crippen LogP contribution in [-0.4, -0.2) is 60.8 Å². The first-order valence-electron chi connectivity index (χ1n) is 16.8. The summed E-state index contributed by atoms with van der Waals surface area (Å²) < 4.78 is 128. The molecule has 1 amide bonds. The Bertz CT molecular complexity index is 2490. The smallest absolute Gasteiger partial charge is 0.378 e. The first-order chi connectivity index (χ1) is 26.1. The minimum Gasteiger partial charge on any atom is -0.378 e. The summed E-state index contributed by atoms with van der Waals surface area (Å²) in [6.07, 6.45) is -6.22. The van der Waals surface area contributed by atoms with Gasteiger partial charge in [-0.05, 0) is 68.7 Å². The Balaban J connectivity index is 1.52. The number of hydrogen-bond acceptors (Lipinski definition) is 8. The summed E-state index contributed by atoms with van der Waals surface area (Å²) in [6, 6.07) is 5.89. The van der Waals surface area contributed by atoms with Crippen molar-refractivity contribution in [2.75, 3.05) is 11.0 Å². The van der Waals surface area contributed by atoms with Crippen LogP contribution in [0.5, 0.6) is 0 Å². The summed E-state index contributed by atoms with van der Waals surface area (Å²) in [5, 5.41) is 20.9. The van der Waals surface area contributed by atoms with Crippen LogP contribution in [0.2, 0.25) is 0 Å². The molecule has 1 fully saturated rings. The van der Waals surface area contributed by atoms with E-state index in [4.69, 9.17) is 0 Å². The third-order valence-corrected chi connectivity index (χ3v) is 9.11. The van der Waals surface area contributed by atoms with Crippen LogP contribution < -0.4 is 10.0 Å². The number of para-hydroxylation sites is 1. The van der Waals surface area contributed by atoms with Crippen molar-refractivity contribution >= 4 is 32.7 Å². The molecule has 0 spiro atoms. The average Bonchev–Trinajstić information content (AvgIpc) is 3.76. The number of aliphatic hydroxyl groups is 1. The normalized spacial score (nSPS) is 14.2. The molecule has 20 heteroatoms. The third-order valence-electron chi connectivity index (χ3n) is 8.55. The van der Waals surface area contributed by atoms with Crippen molar-refractivity contribution in [2.45, 2.75) is 69.8 Å². The standard InChI is InChI=1S/C36H33F7N8O4S/c1-35(2,53)11-10-26-44-16-24(22-6-5-7-23-30(22)50(3)48-34(23)49-56(4,54)55)29(46-26)25(14-18-12-20(37)15-21(38)13-18)45-27(52)17-51-31(33(39)40)28(19-8-9-19)32(47-51)36(41,42)43/h5-7,12-13,15-16,19,25,33,53H,8-9,14,17H2,1-4H3,(H,45,52)(H,48,49). The number of hydrogen-bond donors (Lipinski definition) is 3. The van der Waals surface area contributed by atoms with Gasteiger partial charge in [-0.3, -0.25) is 18.9 Å². The van der Waals surface area contributed by atoms with E-state index in [1.807, 2.05) is 0 Å². The predicted molar refractivity (Wildman–Crippen MR) is 188 cm³/mol. The van der Waals surface area contributed by atoms with Crippen LogP contribution in [0.4, 0.5) is 36.6 Å². The van der Waals surface area contributed by atoms with Gasteiger partial charge in [-0.25, -0.2) is 35.9 Å². The summed E-state index contributed by atoms with van der Waals surface area (Å²) in [6.45, 7) is 1.68. The minimum atomic E-state index is -5.09. The SMILES string of the molecule is Cn1nc(NS(C)(=O)=O)c2cccc(-c3cnc(C#CC(C)(C)O)nc3C(Cc3cc(F)cc(F)c3)NC(=O)Cn3nc(C(F)(F)F)c(C4CC4)c3C(F)F)c21. The van der Waals surface area contributed by atoms with Crippen LogP contribution >= 0.6 is 0 Å². The molecule has 2 aromatic carbocycles. The van der Waals surface area contributed by atoms with Gasteiger partial charge in [0.15, 0.2) is 11.5 Å². The number of nitrogens with zero attached hydrogens (tertiary/aromatic N) is 6. The van der Waals surface area contributed by atoms with Crippen LogP contribution in [0, 0.1) is 23.5 Å². The summed E-state index contributed by atoms with van der Waals surface area (Å²) in [5.74, 6) is 1.09. The Hall–Kier alpha value is -5.55. The Morgan fingerprint density at radius 3 is 2.34 bits per heavy atom. The molecule has 3 aromatic heterocycles. The van der Waals surface area contributed by atoms with Gasteiger partial charge in [0.2, 0.25) is 21.8 Å². The van der Waals surface area contributed by atoms with Crippen molar-refractivity contribution in [1.29, 1.82) is 0 Å². The van der Waals surface area contributed by atoms with Crippen molar-refractivity contribution in [3.05, 3.63) is 88.3 Å². The molecule has 1 saturated carbocycles. The summed E-state index contributed by atoms with van der Waals surface area (Å²) >= 11 is 0. The Morgan fingerprint density at radius 2 is 1.75 bits per heavy atom. The number of nitrogens with one attached hydrogen (secondary N) is 2. The molecule has 0 radical (unpaired) electrons. The van der Waals surface area contributed by atoms with E-state index < -0.39 is 87.6 Å². The monoisotopic (exact) mass is 806 g/mol. The molecule has 1 aliphatic rings. The molecule has 56 heavy (non-hydrogen) atoms. The molecule has 1 aliphatic carbocycles. The second-order valence-electron chi connectivity index (χ2n) is 13.8. The van der Waals surface area contributed by atoms with Gasteiger partial charge in [0.1, 0.15) is 29.5 Å². The topological polar surface area (TPSA) is 157 Å². The maximum Gasteiger partial charge on any atom is 0.435 e. The molecule has 6 rings (SSSR count). The molecule has 3 N–H and O–H groups in total. The van der Waals surface area contributed by atoms with Crippen LogP contribution in [0.1, 0.15) is 79.1 Å². The summed E-state index contributed by atoms with van der Waals surface area (Å²) in [7, 11) is -2.27. The number of carbonyl (C=O) groups is 1. The highest BCUT2D eigenvalue weighted by atomic mass is 32.2. The maximum absolute atomic E-state index is 14.5. The fraction of sp³-hybridized carbons (Fsp3) is 0.361. The van der Waals surface area contributed by atoms with E-state index >= 15 is 0 Å². The summed E-state index contributed by atoms with van der Waals surface area (Å²) in [4.78, 5) is 22.7. The largest absolute Gasteiger partial charge is 0.435 e. The molecule has 1 atom stereocenters. The van der Waals surface area contributed by atoms with Gasteiger partial charge in [0.25, 0.3) is 6.43 Å². The highest BCUT2D eigenvalue weighted by Crippen LogP contribution is 2.49. The number of aromatic nitrogens is 6. The number of carbonyl (C=O) groups excluding carboxylic acids is 1. The number of rotatable bonds is 11. The van der Waals surface area contributed by atoms with E-state index in [1.54, 1.807) is 18.2 Å². The van der Waals surface area contributed by atoms with E-state index in [1.165, 1.54) is 31.8 Å². The lowest BCUT2D eigenvalue weighted by molar-refractivity contribution is -0.142. The predicted octanol–water partition coefficient (Wildman–Crippen LogP) is 5.93. The van der Waals surface area contributed by atoms with Crippen LogP contribution in [-0.2, 0) is 41.0 Å². The van der Waals surface area contributed by atoms with Crippen molar-refractivity contribution in [3.63, 3.8) is 0 Å². The number of fused-ring (bicyclic) bond motifs is 1. The van der Waals surface area contributed by atoms with Crippen molar-refractivity contribution in [1.82, 2.24) is 34.8 Å². The zero-order chi connectivity index (χ0) is 40.9. The van der Waals surface area contributed by atoms with Gasteiger partial charge in [-0.15, -0.1) is 0 Å². The lowest BCUT2D eigenvalue weighted by Gasteiger charge is -2.22. The van der Waals surface area contributed by atoms with E-state index in [2.05, 4.69) is 42.0 Å². The Labute approximate surface area is 315 Å².